The Kier molecular flexibility index (Phi) is 3.83. The molecule has 1 aliphatic rings. The summed E-state index contributed by atoms with van der Waals surface area (Å²) in [5.41, 5.74) is 5.59. The van der Waals surface area contributed by atoms with Gasteiger partial charge in [0.25, 0.3) is 0 Å². The molecule has 1 fully saturated rings. The monoisotopic (exact) mass is 277 g/mol. The van der Waals surface area contributed by atoms with Crippen molar-refractivity contribution in [3.05, 3.63) is 24.3 Å². The molecular weight excluding hydrogens is 258 g/mol. The van der Waals surface area contributed by atoms with Crippen LogP contribution in [0.1, 0.15) is 19.3 Å². The van der Waals surface area contributed by atoms with Gasteiger partial charge >= 0.3 is 0 Å². The summed E-state index contributed by atoms with van der Waals surface area (Å²) in [5, 5.41) is 11.9. The van der Waals surface area contributed by atoms with Crippen LogP contribution in [-0.4, -0.2) is 31.1 Å². The Labute approximate surface area is 117 Å². The Morgan fingerprint density at radius 1 is 1.40 bits per heavy atom. The van der Waals surface area contributed by atoms with E-state index in [-0.39, 0.29) is 11.7 Å². The maximum Gasteiger partial charge on any atom is 0.240 e. The molecule has 20 heavy (non-hydrogen) atoms. The Balaban J connectivity index is 2.23. The summed E-state index contributed by atoms with van der Waals surface area (Å²) < 4.78 is 5.09. The average molecular weight is 277 g/mol. The van der Waals surface area contributed by atoms with Crippen LogP contribution in [0.5, 0.6) is 5.75 Å². The number of anilines is 1. The van der Waals surface area contributed by atoms with Gasteiger partial charge in [0.1, 0.15) is 11.2 Å². The highest BCUT2D eigenvalue weighted by Gasteiger charge is 2.49. The standard InChI is InChI=1S/C14H19N3O3/c1-17(10-4-6-11(20-2)7-5-10)13(18)14(8-3-9-14)12(15)16-19/h4-7,19H,3,8-9H2,1-2H3,(H2,15,16). The second-order valence-electron chi connectivity index (χ2n) is 4.98. The number of nitrogens with zero attached hydrogens (tertiary/aromatic N) is 2. The van der Waals surface area contributed by atoms with E-state index in [4.69, 9.17) is 15.7 Å². The van der Waals surface area contributed by atoms with Crippen LogP contribution in [0, 0.1) is 5.41 Å². The summed E-state index contributed by atoms with van der Waals surface area (Å²) in [6, 6.07) is 7.18. The minimum atomic E-state index is -0.858. The normalized spacial score (nSPS) is 17.2. The Hall–Kier alpha value is -2.24. The van der Waals surface area contributed by atoms with Crippen molar-refractivity contribution in [2.24, 2.45) is 16.3 Å². The number of benzene rings is 1. The maximum absolute atomic E-state index is 12.6. The number of oxime groups is 1. The molecule has 0 radical (unpaired) electrons. The van der Waals surface area contributed by atoms with Crippen molar-refractivity contribution in [1.29, 1.82) is 0 Å². The number of hydrogen-bond acceptors (Lipinski definition) is 4. The number of amides is 1. The minimum absolute atomic E-state index is 0.00545. The van der Waals surface area contributed by atoms with Crippen LogP contribution in [0.15, 0.2) is 29.4 Å². The quantitative estimate of drug-likeness (QED) is 0.378. The second kappa shape index (κ2) is 5.40. The number of rotatable bonds is 4. The molecule has 2 rings (SSSR count). The largest absolute Gasteiger partial charge is 0.497 e. The molecule has 0 saturated heterocycles. The third-order valence-corrected chi connectivity index (χ3v) is 3.98. The molecule has 1 saturated carbocycles. The summed E-state index contributed by atoms with van der Waals surface area (Å²) in [5.74, 6) is 0.572. The van der Waals surface area contributed by atoms with Gasteiger partial charge in [-0.3, -0.25) is 4.79 Å². The van der Waals surface area contributed by atoms with Crippen molar-refractivity contribution in [2.45, 2.75) is 19.3 Å². The van der Waals surface area contributed by atoms with E-state index < -0.39 is 5.41 Å². The van der Waals surface area contributed by atoms with Crippen LogP contribution >= 0.6 is 0 Å². The molecular formula is C14H19N3O3. The second-order valence-corrected chi connectivity index (χ2v) is 4.98. The first-order valence-corrected chi connectivity index (χ1v) is 6.45. The lowest BCUT2D eigenvalue weighted by Gasteiger charge is -2.41. The third-order valence-electron chi connectivity index (χ3n) is 3.98. The van der Waals surface area contributed by atoms with Crippen molar-refractivity contribution >= 4 is 17.4 Å². The summed E-state index contributed by atoms with van der Waals surface area (Å²) in [6.07, 6.45) is 2.13. The van der Waals surface area contributed by atoms with Gasteiger partial charge in [-0.05, 0) is 37.1 Å². The summed E-state index contributed by atoms with van der Waals surface area (Å²) in [6.45, 7) is 0. The predicted octanol–water partition coefficient (Wildman–Crippen LogP) is 1.57. The highest BCUT2D eigenvalue weighted by atomic mass is 16.5. The minimum Gasteiger partial charge on any atom is -0.497 e. The van der Waals surface area contributed by atoms with E-state index in [0.29, 0.717) is 12.8 Å². The topological polar surface area (TPSA) is 88.2 Å². The number of hydrogen-bond donors (Lipinski definition) is 2. The summed E-state index contributed by atoms with van der Waals surface area (Å²) >= 11 is 0. The molecule has 6 heteroatoms. The Bertz CT molecular complexity index is 521. The lowest BCUT2D eigenvalue weighted by atomic mass is 9.67. The lowest BCUT2D eigenvalue weighted by Crippen LogP contribution is -2.54. The van der Waals surface area contributed by atoms with Crippen molar-refractivity contribution in [2.75, 3.05) is 19.1 Å². The molecule has 0 atom stereocenters. The third kappa shape index (κ3) is 2.17. The van der Waals surface area contributed by atoms with E-state index in [2.05, 4.69) is 5.16 Å². The molecule has 0 spiro atoms. The zero-order chi connectivity index (χ0) is 14.8. The van der Waals surface area contributed by atoms with E-state index in [1.807, 2.05) is 0 Å². The van der Waals surface area contributed by atoms with Crippen LogP contribution in [0.2, 0.25) is 0 Å². The van der Waals surface area contributed by atoms with Crippen LogP contribution < -0.4 is 15.4 Å². The van der Waals surface area contributed by atoms with Crippen LogP contribution in [0.25, 0.3) is 0 Å². The zero-order valence-electron chi connectivity index (χ0n) is 11.7. The fourth-order valence-corrected chi connectivity index (χ4v) is 2.45. The maximum atomic E-state index is 12.6. The zero-order valence-corrected chi connectivity index (χ0v) is 11.7. The molecule has 3 N–H and O–H groups in total. The number of nitrogens with two attached hydrogens (primary N) is 1. The van der Waals surface area contributed by atoms with Crippen LogP contribution in [-0.2, 0) is 4.79 Å². The molecule has 1 amide bonds. The predicted molar refractivity (Wildman–Crippen MR) is 76.1 cm³/mol. The molecule has 0 heterocycles. The number of amidine groups is 1. The molecule has 0 bridgehead atoms. The molecule has 0 aromatic heterocycles. The Morgan fingerprint density at radius 3 is 2.40 bits per heavy atom. The van der Waals surface area contributed by atoms with E-state index >= 15 is 0 Å². The van der Waals surface area contributed by atoms with Gasteiger partial charge < -0.3 is 20.6 Å². The molecule has 1 aliphatic carbocycles. The first-order chi connectivity index (χ1) is 9.55. The average Bonchev–Trinajstić information content (AvgIpc) is 2.45. The molecule has 1 aromatic carbocycles. The summed E-state index contributed by atoms with van der Waals surface area (Å²) in [4.78, 5) is 14.2. The van der Waals surface area contributed by atoms with Crippen molar-refractivity contribution in [3.63, 3.8) is 0 Å². The van der Waals surface area contributed by atoms with Crippen molar-refractivity contribution in [1.82, 2.24) is 0 Å². The molecule has 1 aromatic rings. The molecule has 0 aliphatic heterocycles. The SMILES string of the molecule is COc1ccc(N(C)C(=O)C2(/C(N)=N/O)CCC2)cc1. The van der Waals surface area contributed by atoms with Crippen molar-refractivity contribution in [3.8, 4) is 5.75 Å². The van der Waals surface area contributed by atoms with Crippen LogP contribution in [0.4, 0.5) is 5.69 Å². The lowest BCUT2D eigenvalue weighted by molar-refractivity contribution is -0.128. The van der Waals surface area contributed by atoms with Gasteiger partial charge in [0.15, 0.2) is 5.84 Å². The van der Waals surface area contributed by atoms with Gasteiger partial charge in [0, 0.05) is 12.7 Å². The molecule has 108 valence electrons. The summed E-state index contributed by atoms with van der Waals surface area (Å²) in [7, 11) is 3.28. The van der Waals surface area contributed by atoms with Gasteiger partial charge in [-0.15, -0.1) is 0 Å². The van der Waals surface area contributed by atoms with Gasteiger partial charge in [-0.1, -0.05) is 11.6 Å². The van der Waals surface area contributed by atoms with E-state index in [0.717, 1.165) is 17.9 Å². The van der Waals surface area contributed by atoms with Crippen molar-refractivity contribution < 1.29 is 14.7 Å². The van der Waals surface area contributed by atoms with Gasteiger partial charge in [-0.2, -0.15) is 0 Å². The molecule has 0 unspecified atom stereocenters. The van der Waals surface area contributed by atoms with E-state index in [1.54, 1.807) is 38.4 Å². The number of ether oxygens (including phenoxy) is 1. The van der Waals surface area contributed by atoms with Gasteiger partial charge in [-0.25, -0.2) is 0 Å². The number of carbonyl (C=O) groups excluding carboxylic acids is 1. The number of carbonyl (C=O) groups is 1. The van der Waals surface area contributed by atoms with Gasteiger partial charge in [0.05, 0.1) is 7.11 Å². The first-order valence-electron chi connectivity index (χ1n) is 6.45. The Morgan fingerprint density at radius 2 is 2.00 bits per heavy atom. The fraction of sp³-hybridized carbons (Fsp3) is 0.429. The molecule has 6 nitrogen and oxygen atoms in total. The number of methoxy groups -OCH3 is 1. The highest BCUT2D eigenvalue weighted by Crippen LogP contribution is 2.43. The van der Waals surface area contributed by atoms with E-state index in [9.17, 15) is 4.79 Å². The fourth-order valence-electron chi connectivity index (χ4n) is 2.45. The first kappa shape index (κ1) is 14.2. The van der Waals surface area contributed by atoms with E-state index in [1.165, 1.54) is 4.90 Å². The van der Waals surface area contributed by atoms with Gasteiger partial charge in [0.2, 0.25) is 5.91 Å². The smallest absolute Gasteiger partial charge is 0.240 e. The van der Waals surface area contributed by atoms with Crippen LogP contribution in [0.3, 0.4) is 0 Å². The highest BCUT2D eigenvalue weighted by molar-refractivity contribution is 6.13.